The minimum atomic E-state index is -0.903. The Morgan fingerprint density at radius 1 is 1.23 bits per heavy atom. The van der Waals surface area contributed by atoms with E-state index in [1.807, 2.05) is 55.5 Å². The summed E-state index contributed by atoms with van der Waals surface area (Å²) in [6, 6.07) is 15.2. The molecule has 0 unspecified atom stereocenters. The molecule has 5 heteroatoms. The molecule has 3 aromatic rings. The first-order chi connectivity index (χ1) is 10.6. The van der Waals surface area contributed by atoms with Gasteiger partial charge in [-0.1, -0.05) is 24.3 Å². The van der Waals surface area contributed by atoms with Crippen molar-refractivity contribution in [1.29, 1.82) is 0 Å². The first-order valence-corrected chi connectivity index (χ1v) is 6.99. The van der Waals surface area contributed by atoms with Crippen molar-refractivity contribution in [2.24, 2.45) is 0 Å². The molecule has 0 saturated carbocycles. The van der Waals surface area contributed by atoms with Crippen molar-refractivity contribution in [1.82, 2.24) is 9.55 Å². The Morgan fingerprint density at radius 2 is 2.05 bits per heavy atom. The molecule has 1 N–H and O–H groups in total. The number of ether oxygens (including phenoxy) is 1. The number of carbonyl (C=O) groups is 1. The molecule has 0 fully saturated rings. The van der Waals surface area contributed by atoms with E-state index in [0.717, 1.165) is 22.3 Å². The van der Waals surface area contributed by atoms with Gasteiger partial charge >= 0.3 is 5.97 Å². The highest BCUT2D eigenvalue weighted by molar-refractivity contribution is 5.78. The highest BCUT2D eigenvalue weighted by Crippen LogP contribution is 2.19. The minimum Gasteiger partial charge on any atom is -0.486 e. The Kier molecular flexibility index (Phi) is 3.78. The molecule has 1 heterocycles. The van der Waals surface area contributed by atoms with Gasteiger partial charge < -0.3 is 14.4 Å². The lowest BCUT2D eigenvalue weighted by Crippen LogP contribution is -2.13. The van der Waals surface area contributed by atoms with Gasteiger partial charge in [-0.3, -0.25) is 4.79 Å². The number of hydrogen-bond acceptors (Lipinski definition) is 3. The molecule has 0 radical (unpaired) electrons. The molecule has 0 aliphatic carbocycles. The van der Waals surface area contributed by atoms with E-state index < -0.39 is 5.97 Å². The maximum atomic E-state index is 11.1. The number of carboxylic acid groups (broad SMARTS) is 1. The van der Waals surface area contributed by atoms with E-state index >= 15 is 0 Å². The van der Waals surface area contributed by atoms with Gasteiger partial charge in [-0.25, -0.2) is 4.98 Å². The maximum absolute atomic E-state index is 11.1. The van der Waals surface area contributed by atoms with Gasteiger partial charge in [0, 0.05) is 0 Å². The Labute approximate surface area is 127 Å². The Balaban J connectivity index is 1.90. The highest BCUT2D eigenvalue weighted by Gasteiger charge is 2.13. The summed E-state index contributed by atoms with van der Waals surface area (Å²) < 4.78 is 7.42. The molecule has 112 valence electrons. The molecule has 5 nitrogen and oxygen atoms in total. The summed E-state index contributed by atoms with van der Waals surface area (Å²) >= 11 is 0. The zero-order valence-electron chi connectivity index (χ0n) is 12.2. The number of benzene rings is 2. The summed E-state index contributed by atoms with van der Waals surface area (Å²) in [5, 5.41) is 9.10. The molecule has 0 aliphatic rings. The first-order valence-electron chi connectivity index (χ1n) is 6.99. The van der Waals surface area contributed by atoms with Gasteiger partial charge in [-0.15, -0.1) is 0 Å². The molecule has 0 aliphatic heterocycles. The Hall–Kier alpha value is -2.82. The van der Waals surface area contributed by atoms with Crippen molar-refractivity contribution in [3.8, 4) is 5.75 Å². The van der Waals surface area contributed by atoms with Crippen LogP contribution in [0.25, 0.3) is 11.0 Å². The van der Waals surface area contributed by atoms with Crippen LogP contribution in [0.3, 0.4) is 0 Å². The SMILES string of the molecule is Cc1cccc(OCc2nc3ccccc3n2CC(=O)O)c1. The normalized spacial score (nSPS) is 10.8. The van der Waals surface area contributed by atoms with Gasteiger partial charge in [-0.05, 0) is 36.8 Å². The number of fused-ring (bicyclic) bond motifs is 1. The van der Waals surface area contributed by atoms with Gasteiger partial charge in [0.25, 0.3) is 0 Å². The van der Waals surface area contributed by atoms with Crippen molar-refractivity contribution < 1.29 is 14.6 Å². The van der Waals surface area contributed by atoms with Gasteiger partial charge in [0.05, 0.1) is 11.0 Å². The fourth-order valence-corrected chi connectivity index (χ4v) is 2.40. The summed E-state index contributed by atoms with van der Waals surface area (Å²) in [5.74, 6) is 0.444. The van der Waals surface area contributed by atoms with E-state index in [1.165, 1.54) is 0 Å². The topological polar surface area (TPSA) is 64.4 Å². The average molecular weight is 296 g/mol. The molecule has 1 aromatic heterocycles. The number of hydrogen-bond donors (Lipinski definition) is 1. The number of nitrogens with zero attached hydrogens (tertiary/aromatic N) is 2. The van der Waals surface area contributed by atoms with Crippen LogP contribution in [0.5, 0.6) is 5.75 Å². The monoisotopic (exact) mass is 296 g/mol. The highest BCUT2D eigenvalue weighted by atomic mass is 16.5. The van der Waals surface area contributed by atoms with E-state index in [-0.39, 0.29) is 13.2 Å². The van der Waals surface area contributed by atoms with Crippen LogP contribution in [-0.4, -0.2) is 20.6 Å². The number of aliphatic carboxylic acids is 1. The zero-order chi connectivity index (χ0) is 15.5. The van der Waals surface area contributed by atoms with Crippen LogP contribution in [-0.2, 0) is 17.9 Å². The molecular weight excluding hydrogens is 280 g/mol. The summed E-state index contributed by atoms with van der Waals surface area (Å²) in [6.45, 7) is 2.09. The molecule has 0 atom stereocenters. The number of rotatable bonds is 5. The lowest BCUT2D eigenvalue weighted by atomic mass is 10.2. The standard InChI is InChI=1S/C17H16N2O3/c1-12-5-4-6-13(9-12)22-11-16-18-14-7-2-3-8-15(14)19(16)10-17(20)21/h2-9H,10-11H2,1H3,(H,20,21). The van der Waals surface area contributed by atoms with E-state index in [9.17, 15) is 4.79 Å². The second-order valence-corrected chi connectivity index (χ2v) is 5.10. The number of imidazole rings is 1. The number of carboxylic acids is 1. The van der Waals surface area contributed by atoms with Crippen LogP contribution < -0.4 is 4.74 Å². The smallest absolute Gasteiger partial charge is 0.323 e. The van der Waals surface area contributed by atoms with Gasteiger partial charge in [0.2, 0.25) is 0 Å². The maximum Gasteiger partial charge on any atom is 0.323 e. The van der Waals surface area contributed by atoms with E-state index in [2.05, 4.69) is 4.98 Å². The van der Waals surface area contributed by atoms with Crippen molar-refractivity contribution in [2.45, 2.75) is 20.1 Å². The quantitative estimate of drug-likeness (QED) is 0.786. The third kappa shape index (κ3) is 2.93. The third-order valence-corrected chi connectivity index (χ3v) is 3.38. The Morgan fingerprint density at radius 3 is 2.82 bits per heavy atom. The van der Waals surface area contributed by atoms with Gasteiger partial charge in [0.15, 0.2) is 0 Å². The zero-order valence-corrected chi connectivity index (χ0v) is 12.2. The summed E-state index contributed by atoms with van der Waals surface area (Å²) in [7, 11) is 0. The average Bonchev–Trinajstić information content (AvgIpc) is 2.83. The predicted octanol–water partition coefficient (Wildman–Crippen LogP) is 3.01. The number of aryl methyl sites for hydroxylation is 1. The molecule has 0 spiro atoms. The number of aromatic nitrogens is 2. The molecule has 3 rings (SSSR count). The fraction of sp³-hybridized carbons (Fsp3) is 0.176. The van der Waals surface area contributed by atoms with Crippen LogP contribution in [0.4, 0.5) is 0 Å². The fourth-order valence-electron chi connectivity index (χ4n) is 2.40. The lowest BCUT2D eigenvalue weighted by Gasteiger charge is -2.09. The van der Waals surface area contributed by atoms with Crippen molar-refractivity contribution >= 4 is 17.0 Å². The largest absolute Gasteiger partial charge is 0.486 e. The molecule has 22 heavy (non-hydrogen) atoms. The second-order valence-electron chi connectivity index (χ2n) is 5.10. The van der Waals surface area contributed by atoms with E-state index in [0.29, 0.717) is 5.82 Å². The predicted molar refractivity (Wildman–Crippen MR) is 82.9 cm³/mol. The minimum absolute atomic E-state index is 0.132. The lowest BCUT2D eigenvalue weighted by molar-refractivity contribution is -0.137. The van der Waals surface area contributed by atoms with Crippen LogP contribution >= 0.6 is 0 Å². The molecule has 2 aromatic carbocycles. The first kappa shape index (κ1) is 14.1. The summed E-state index contributed by atoms with van der Waals surface area (Å²) in [4.78, 5) is 15.6. The van der Waals surface area contributed by atoms with Gasteiger partial charge in [0.1, 0.15) is 24.7 Å². The summed E-state index contributed by atoms with van der Waals surface area (Å²) in [5.41, 5.74) is 2.68. The van der Waals surface area contributed by atoms with Crippen molar-refractivity contribution in [3.05, 3.63) is 59.9 Å². The van der Waals surface area contributed by atoms with Crippen molar-refractivity contribution in [2.75, 3.05) is 0 Å². The third-order valence-electron chi connectivity index (χ3n) is 3.38. The number of para-hydroxylation sites is 2. The molecular formula is C17H16N2O3. The van der Waals surface area contributed by atoms with E-state index in [1.54, 1.807) is 4.57 Å². The van der Waals surface area contributed by atoms with Crippen molar-refractivity contribution in [3.63, 3.8) is 0 Å². The van der Waals surface area contributed by atoms with Crippen LogP contribution in [0, 0.1) is 6.92 Å². The van der Waals surface area contributed by atoms with Crippen LogP contribution in [0.1, 0.15) is 11.4 Å². The Bertz CT molecular complexity index is 824. The molecule has 0 amide bonds. The van der Waals surface area contributed by atoms with Crippen LogP contribution in [0.15, 0.2) is 48.5 Å². The summed E-state index contributed by atoms with van der Waals surface area (Å²) in [6.07, 6.45) is 0. The van der Waals surface area contributed by atoms with Gasteiger partial charge in [-0.2, -0.15) is 0 Å². The van der Waals surface area contributed by atoms with E-state index in [4.69, 9.17) is 9.84 Å². The molecule has 0 saturated heterocycles. The van der Waals surface area contributed by atoms with Crippen LogP contribution in [0.2, 0.25) is 0 Å². The molecule has 0 bridgehead atoms. The second kappa shape index (κ2) is 5.89.